The first-order valence-corrected chi connectivity index (χ1v) is 17.9. The molecule has 0 aliphatic carbocycles. The van der Waals surface area contributed by atoms with Crippen molar-refractivity contribution in [2.75, 3.05) is 26.7 Å². The molecule has 0 unspecified atom stereocenters. The van der Waals surface area contributed by atoms with Crippen LogP contribution in [0.1, 0.15) is 65.6 Å². The van der Waals surface area contributed by atoms with Crippen molar-refractivity contribution in [2.24, 2.45) is 0 Å². The Hall–Kier alpha value is -4.79. The highest BCUT2D eigenvalue weighted by molar-refractivity contribution is 5.90. The molecule has 0 saturated carbocycles. The number of nitrogens with one attached hydrogen (secondary N) is 1. The zero-order valence-corrected chi connectivity index (χ0v) is 29.8. The molecule has 2 saturated heterocycles. The lowest BCUT2D eigenvalue weighted by atomic mass is 9.98. The largest absolute Gasteiger partial charge is 0.508 e. The quantitative estimate of drug-likeness (QED) is 0.140. The lowest BCUT2D eigenvalue weighted by Gasteiger charge is -2.38. The molecule has 5 atom stereocenters. The van der Waals surface area contributed by atoms with E-state index in [1.54, 1.807) is 30.3 Å². The number of carbonyl (C=O) groups excluding carboxylic acids is 2. The number of carbonyl (C=O) groups is 2. The molecule has 6 rings (SSSR count). The Morgan fingerprint density at radius 2 is 1.65 bits per heavy atom. The van der Waals surface area contributed by atoms with Gasteiger partial charge in [-0.3, -0.25) is 9.59 Å². The van der Waals surface area contributed by atoms with Gasteiger partial charge in [-0.05, 0) is 77.5 Å². The number of rotatable bonds is 12. The maximum Gasteiger partial charge on any atom is 0.471 e. The number of amides is 2. The van der Waals surface area contributed by atoms with E-state index in [2.05, 4.69) is 5.32 Å². The van der Waals surface area contributed by atoms with Crippen molar-refractivity contribution in [2.45, 2.75) is 69.2 Å². The number of phenols is 1. The van der Waals surface area contributed by atoms with Crippen LogP contribution in [-0.4, -0.2) is 81.9 Å². The molecule has 10 nitrogen and oxygen atoms in total. The fraction of sp³-hybridized carbons (Fsp3) is 0.366. The van der Waals surface area contributed by atoms with Gasteiger partial charge < -0.3 is 39.9 Å². The molecule has 54 heavy (non-hydrogen) atoms. The number of phenolic OH excluding ortho intramolecular Hbond substituents is 1. The first-order valence-electron chi connectivity index (χ1n) is 17.9. The van der Waals surface area contributed by atoms with Crippen LogP contribution in [0.3, 0.4) is 0 Å². The summed E-state index contributed by atoms with van der Waals surface area (Å²) in [6.07, 6.45) is -6.20. The minimum Gasteiger partial charge on any atom is -0.508 e. The monoisotopic (exact) mass is 747 g/mol. The molecule has 2 heterocycles. The molecule has 0 aromatic heterocycles. The summed E-state index contributed by atoms with van der Waals surface area (Å²) in [6, 6.07) is 28.1. The van der Waals surface area contributed by atoms with Crippen molar-refractivity contribution in [3.63, 3.8) is 0 Å². The number of alkyl halides is 3. The lowest BCUT2D eigenvalue weighted by molar-refractivity contribution is -0.252. The topological polar surface area (TPSA) is 132 Å². The van der Waals surface area contributed by atoms with E-state index in [4.69, 9.17) is 9.47 Å². The van der Waals surface area contributed by atoms with Gasteiger partial charge in [0.2, 0.25) is 5.91 Å². The normalized spacial score (nSPS) is 20.9. The molecule has 4 N–H and O–H groups in total. The highest BCUT2D eigenvalue weighted by Crippen LogP contribution is 2.39. The molecular formula is C41H44F3N3O7. The Labute approximate surface area is 311 Å². The van der Waals surface area contributed by atoms with Crippen LogP contribution in [0.2, 0.25) is 0 Å². The second-order valence-electron chi connectivity index (χ2n) is 13.9. The van der Waals surface area contributed by atoms with Gasteiger partial charge in [-0.25, -0.2) is 0 Å². The number of hydrogen-bond donors (Lipinski definition) is 4. The molecule has 2 fully saturated rings. The minimum absolute atomic E-state index is 0.0673. The highest BCUT2D eigenvalue weighted by Gasteiger charge is 2.47. The number of aliphatic hydroxyl groups is 2. The zero-order valence-electron chi connectivity index (χ0n) is 29.8. The molecular weight excluding hydrogens is 703 g/mol. The fourth-order valence-corrected chi connectivity index (χ4v) is 7.07. The van der Waals surface area contributed by atoms with Gasteiger partial charge in [-0.2, -0.15) is 13.2 Å². The summed E-state index contributed by atoms with van der Waals surface area (Å²) in [5.74, 6) is -2.54. The van der Waals surface area contributed by atoms with E-state index in [0.717, 1.165) is 33.4 Å². The zero-order chi connectivity index (χ0) is 38.4. The Bertz CT molecular complexity index is 1910. The Morgan fingerprint density at radius 1 is 0.926 bits per heavy atom. The molecule has 0 radical (unpaired) electrons. The fourth-order valence-electron chi connectivity index (χ4n) is 7.07. The molecule has 2 aliphatic heterocycles. The van der Waals surface area contributed by atoms with Crippen LogP contribution in [0, 0.1) is 0 Å². The summed E-state index contributed by atoms with van der Waals surface area (Å²) in [6.45, 7) is 0.667. The van der Waals surface area contributed by atoms with Gasteiger partial charge in [-0.1, -0.05) is 72.8 Å². The number of aliphatic hydroxyl groups excluding tert-OH is 2. The summed E-state index contributed by atoms with van der Waals surface area (Å²) < 4.78 is 52.3. The minimum atomic E-state index is -5.04. The van der Waals surface area contributed by atoms with E-state index < -0.39 is 36.4 Å². The van der Waals surface area contributed by atoms with Gasteiger partial charge in [0.1, 0.15) is 11.8 Å². The van der Waals surface area contributed by atoms with Crippen LogP contribution in [0.5, 0.6) is 5.75 Å². The first kappa shape index (κ1) is 38.9. The second kappa shape index (κ2) is 17.1. The number of likely N-dealkylation sites (tertiary alicyclic amines) is 1. The molecule has 4 aromatic rings. The number of nitrogens with zero attached hydrogens (tertiary/aromatic N) is 2. The molecule has 13 heteroatoms. The maximum absolute atomic E-state index is 13.1. The molecule has 2 amide bonds. The number of hydrogen-bond acceptors (Lipinski definition) is 8. The maximum atomic E-state index is 13.1. The van der Waals surface area contributed by atoms with E-state index in [-0.39, 0.29) is 44.1 Å². The van der Waals surface area contributed by atoms with Crippen LogP contribution in [-0.2, 0) is 32.2 Å². The Balaban J connectivity index is 1.16. The Morgan fingerprint density at radius 3 is 2.37 bits per heavy atom. The van der Waals surface area contributed by atoms with Crippen LogP contribution in [0.4, 0.5) is 13.2 Å². The number of likely N-dealkylation sites (N-methyl/N-ethyl adjacent to an activating group) is 1. The third kappa shape index (κ3) is 9.65. The lowest BCUT2D eigenvalue weighted by Crippen LogP contribution is -2.50. The van der Waals surface area contributed by atoms with Crippen LogP contribution in [0.25, 0.3) is 11.1 Å². The van der Waals surface area contributed by atoms with E-state index in [1.807, 2.05) is 78.7 Å². The smallest absolute Gasteiger partial charge is 0.471 e. The average molecular weight is 748 g/mol. The third-order valence-electron chi connectivity index (χ3n) is 9.81. The summed E-state index contributed by atoms with van der Waals surface area (Å²) in [4.78, 5) is 27.3. The van der Waals surface area contributed by atoms with Gasteiger partial charge in [0.15, 0.2) is 6.29 Å². The van der Waals surface area contributed by atoms with Crippen molar-refractivity contribution in [3.8, 4) is 16.9 Å². The standard InChI is InChI=1S/C41H44F3N3O7/c1-46(24-36(50)31-9-4-11-33(49)20-31)23-34-21-37(28-15-13-26(25-48)14-16-28)54-39(53-34)32-10-3-8-30(19-32)29-7-2-6-27(18-29)22-45-38(51)35-12-5-17-47(35)40(52)41(42,43)44/h2-4,6-11,13-16,18-20,34-37,39,48-50H,5,12,17,21-25H2,1H3,(H,45,51)/t34-,35+,36-,37+,39+/m1/s1. The number of ether oxygens (including phenoxy) is 2. The van der Waals surface area contributed by atoms with Crippen molar-refractivity contribution >= 4 is 11.8 Å². The molecule has 4 aromatic carbocycles. The van der Waals surface area contributed by atoms with Gasteiger partial charge in [0, 0.05) is 38.2 Å². The summed E-state index contributed by atoms with van der Waals surface area (Å²) in [5, 5.41) is 33.0. The van der Waals surface area contributed by atoms with E-state index in [0.29, 0.717) is 36.4 Å². The van der Waals surface area contributed by atoms with Gasteiger partial charge in [-0.15, -0.1) is 0 Å². The van der Waals surface area contributed by atoms with Gasteiger partial charge >= 0.3 is 12.1 Å². The summed E-state index contributed by atoms with van der Waals surface area (Å²) >= 11 is 0. The van der Waals surface area contributed by atoms with E-state index >= 15 is 0 Å². The highest BCUT2D eigenvalue weighted by atomic mass is 19.4. The predicted molar refractivity (Wildman–Crippen MR) is 194 cm³/mol. The van der Waals surface area contributed by atoms with Crippen molar-refractivity contribution in [1.29, 1.82) is 0 Å². The number of halogens is 3. The van der Waals surface area contributed by atoms with Crippen LogP contribution in [0.15, 0.2) is 97.1 Å². The summed E-state index contributed by atoms with van der Waals surface area (Å²) in [5.41, 5.74) is 5.51. The number of aromatic hydroxyl groups is 1. The Kier molecular flexibility index (Phi) is 12.3. The number of benzene rings is 4. The molecule has 0 spiro atoms. The third-order valence-corrected chi connectivity index (χ3v) is 9.81. The van der Waals surface area contributed by atoms with E-state index in [9.17, 15) is 38.1 Å². The molecule has 286 valence electrons. The van der Waals surface area contributed by atoms with Crippen molar-refractivity contribution in [3.05, 3.63) is 125 Å². The first-order chi connectivity index (χ1) is 25.9. The van der Waals surface area contributed by atoms with Crippen LogP contribution < -0.4 is 5.32 Å². The predicted octanol–water partition coefficient (Wildman–Crippen LogP) is 5.93. The van der Waals surface area contributed by atoms with E-state index in [1.165, 1.54) is 0 Å². The summed E-state index contributed by atoms with van der Waals surface area (Å²) in [7, 11) is 1.90. The van der Waals surface area contributed by atoms with Gasteiger partial charge in [0.05, 0.1) is 24.9 Å². The average Bonchev–Trinajstić information content (AvgIpc) is 3.66. The molecule has 2 aliphatic rings. The van der Waals surface area contributed by atoms with Gasteiger partial charge in [0.25, 0.3) is 0 Å². The van der Waals surface area contributed by atoms with Crippen LogP contribution >= 0.6 is 0 Å². The van der Waals surface area contributed by atoms with Crippen molar-refractivity contribution < 1.29 is 47.6 Å². The molecule has 0 bridgehead atoms. The SMILES string of the molecule is CN(C[C@H]1C[C@@H](c2ccc(CO)cc2)O[C@@H](c2cccc(-c3cccc(CNC(=O)[C@@H]4CCCN4C(=O)C(F)(F)F)c3)c2)O1)C[C@@H](O)c1cccc(O)c1. The van der Waals surface area contributed by atoms with Crippen molar-refractivity contribution in [1.82, 2.24) is 15.1 Å². The second-order valence-corrected chi connectivity index (χ2v) is 13.9.